The number of hydrogen-bond acceptors (Lipinski definition) is 6. The largest absolute Gasteiger partial charge is 0.472 e. The lowest BCUT2D eigenvalue weighted by Gasteiger charge is -2.27. The average Bonchev–Trinajstić information content (AvgIpc) is 3.39. The van der Waals surface area contributed by atoms with Crippen LogP contribution >= 0.6 is 7.82 Å². The fourth-order valence-corrected chi connectivity index (χ4v) is 10.4. The lowest BCUT2D eigenvalue weighted by molar-refractivity contribution is -0.870. The Balaban J connectivity index is 5.05. The van der Waals surface area contributed by atoms with Gasteiger partial charge in [-0.2, -0.15) is 0 Å². The molecule has 3 unspecified atom stereocenters. The van der Waals surface area contributed by atoms with E-state index in [1.165, 1.54) is 199 Å². The van der Waals surface area contributed by atoms with Crippen LogP contribution < -0.4 is 5.32 Å². The number of phosphoric ester groups is 1. The van der Waals surface area contributed by atoms with Crippen LogP contribution in [0.1, 0.15) is 316 Å². The summed E-state index contributed by atoms with van der Waals surface area (Å²) < 4.78 is 30.7. The SMILES string of the molecule is CC/C=C/C/C=C/CCCCCCCCCC(=O)NC(COP(=O)(O)OCC[N+](C)(C)C)C(/C=C\CCCCCCCCCCCC)OC(=O)CCCCCCCCCCCCCCCCC/C=C/CCCCCCCC. The van der Waals surface area contributed by atoms with Crippen molar-refractivity contribution in [3.05, 3.63) is 48.6 Å². The van der Waals surface area contributed by atoms with Gasteiger partial charge in [0.15, 0.2) is 0 Å². The molecule has 0 fully saturated rings. The number of likely N-dealkylation sites (N-methyl/N-ethyl adjacent to an activating group) is 1. The predicted octanol–water partition coefficient (Wildman–Crippen LogP) is 20.5. The lowest BCUT2D eigenvalue weighted by Crippen LogP contribution is -2.47. The number of hydrogen-bond donors (Lipinski definition) is 2. The van der Waals surface area contributed by atoms with Crippen molar-refractivity contribution in [2.45, 2.75) is 328 Å². The maximum Gasteiger partial charge on any atom is 0.472 e. The van der Waals surface area contributed by atoms with E-state index in [4.69, 9.17) is 13.8 Å². The molecule has 0 aromatic heterocycles. The van der Waals surface area contributed by atoms with Gasteiger partial charge in [-0.25, -0.2) is 4.57 Å². The van der Waals surface area contributed by atoms with Crippen LogP contribution in [0.15, 0.2) is 48.6 Å². The van der Waals surface area contributed by atoms with E-state index in [1.54, 1.807) is 0 Å². The summed E-state index contributed by atoms with van der Waals surface area (Å²) in [7, 11) is 1.50. The Morgan fingerprint density at radius 1 is 0.468 bits per heavy atom. The topological polar surface area (TPSA) is 111 Å². The molecule has 9 nitrogen and oxygen atoms in total. The first kappa shape index (κ1) is 75.0. The zero-order valence-corrected chi connectivity index (χ0v) is 52.6. The highest BCUT2D eigenvalue weighted by atomic mass is 31.2. The van der Waals surface area contributed by atoms with Gasteiger partial charge in [0.25, 0.3) is 0 Å². The second-order valence-electron chi connectivity index (χ2n) is 23.6. The number of allylic oxidation sites excluding steroid dienone is 7. The molecule has 0 saturated heterocycles. The highest BCUT2D eigenvalue weighted by molar-refractivity contribution is 7.47. The first-order valence-corrected chi connectivity index (χ1v) is 34.5. The Bertz CT molecular complexity index is 1460. The molecule has 2 N–H and O–H groups in total. The number of esters is 1. The molecule has 1 amide bonds. The van der Waals surface area contributed by atoms with Crippen molar-refractivity contribution < 1.29 is 37.3 Å². The summed E-state index contributed by atoms with van der Waals surface area (Å²) in [5.41, 5.74) is 0. The Morgan fingerprint density at radius 2 is 0.831 bits per heavy atom. The number of ether oxygens (including phenoxy) is 1. The van der Waals surface area contributed by atoms with Gasteiger partial charge in [-0.05, 0) is 83.1 Å². The molecular weight excluding hydrogens is 976 g/mol. The minimum absolute atomic E-state index is 0.0394. The van der Waals surface area contributed by atoms with Crippen LogP contribution in [0.3, 0.4) is 0 Å². The zero-order chi connectivity index (χ0) is 56.4. The third kappa shape index (κ3) is 58.4. The van der Waals surface area contributed by atoms with Crippen molar-refractivity contribution in [3.63, 3.8) is 0 Å². The molecule has 0 bridgehead atoms. The van der Waals surface area contributed by atoms with E-state index in [2.05, 4.69) is 62.5 Å². The number of nitrogens with one attached hydrogen (secondary N) is 1. The highest BCUT2D eigenvalue weighted by Crippen LogP contribution is 2.43. The van der Waals surface area contributed by atoms with Gasteiger partial charge in [-0.15, -0.1) is 0 Å². The maximum absolute atomic E-state index is 13.5. The van der Waals surface area contributed by atoms with Crippen molar-refractivity contribution in [2.75, 3.05) is 40.9 Å². The van der Waals surface area contributed by atoms with Crippen LogP contribution in [0, 0.1) is 0 Å². The summed E-state index contributed by atoms with van der Waals surface area (Å²) in [6.07, 6.45) is 71.2. The number of amides is 1. The summed E-state index contributed by atoms with van der Waals surface area (Å²) in [5.74, 6) is -0.504. The van der Waals surface area contributed by atoms with Crippen molar-refractivity contribution >= 4 is 19.7 Å². The molecule has 0 aromatic rings. The van der Waals surface area contributed by atoms with Gasteiger partial charge in [-0.3, -0.25) is 18.6 Å². The van der Waals surface area contributed by atoms with Crippen molar-refractivity contribution in [3.8, 4) is 0 Å². The highest BCUT2D eigenvalue weighted by Gasteiger charge is 2.30. The normalized spacial score (nSPS) is 13.9. The lowest BCUT2D eigenvalue weighted by atomic mass is 10.0. The molecule has 452 valence electrons. The van der Waals surface area contributed by atoms with Crippen LogP contribution in [0.5, 0.6) is 0 Å². The minimum Gasteiger partial charge on any atom is -0.456 e. The molecule has 3 atom stereocenters. The third-order valence-corrected chi connectivity index (χ3v) is 15.7. The number of unbranched alkanes of at least 4 members (excludes halogenated alkanes) is 38. The summed E-state index contributed by atoms with van der Waals surface area (Å²) in [6.45, 7) is 6.93. The fraction of sp³-hybridized carbons (Fsp3) is 0.851. The van der Waals surface area contributed by atoms with Crippen LogP contribution in [-0.4, -0.2) is 74.3 Å². The zero-order valence-electron chi connectivity index (χ0n) is 51.7. The van der Waals surface area contributed by atoms with Gasteiger partial charge in [0.05, 0.1) is 33.8 Å². The van der Waals surface area contributed by atoms with E-state index in [0.717, 1.165) is 83.5 Å². The number of carbonyl (C=O) groups is 2. The smallest absolute Gasteiger partial charge is 0.456 e. The molecule has 0 aliphatic carbocycles. The number of quaternary nitrogens is 1. The minimum atomic E-state index is -4.45. The molecule has 0 saturated carbocycles. The quantitative estimate of drug-likeness (QED) is 0.0205. The second-order valence-corrected chi connectivity index (χ2v) is 25.1. The van der Waals surface area contributed by atoms with E-state index >= 15 is 0 Å². The third-order valence-electron chi connectivity index (χ3n) is 14.8. The first-order chi connectivity index (χ1) is 37.4. The molecular formula is C67H128N2O7P+. The molecule has 10 heteroatoms. The number of rotatable bonds is 60. The van der Waals surface area contributed by atoms with E-state index in [1.807, 2.05) is 33.3 Å². The fourth-order valence-electron chi connectivity index (χ4n) is 9.68. The van der Waals surface area contributed by atoms with Gasteiger partial charge < -0.3 is 19.4 Å². The molecule has 0 aliphatic rings. The van der Waals surface area contributed by atoms with Gasteiger partial charge in [0.2, 0.25) is 5.91 Å². The van der Waals surface area contributed by atoms with E-state index in [-0.39, 0.29) is 25.1 Å². The summed E-state index contributed by atoms with van der Waals surface area (Å²) in [4.78, 5) is 37.7. The van der Waals surface area contributed by atoms with Crippen LogP contribution in [0.2, 0.25) is 0 Å². The van der Waals surface area contributed by atoms with E-state index in [9.17, 15) is 19.0 Å². The van der Waals surface area contributed by atoms with E-state index < -0.39 is 20.0 Å². The van der Waals surface area contributed by atoms with Crippen molar-refractivity contribution in [1.82, 2.24) is 5.32 Å². The molecule has 0 aromatic carbocycles. The summed E-state index contributed by atoms with van der Waals surface area (Å²) in [6, 6.07) is -0.850. The molecule has 77 heavy (non-hydrogen) atoms. The number of nitrogens with zero attached hydrogens (tertiary/aromatic N) is 1. The molecule has 0 rings (SSSR count). The molecule has 0 radical (unpaired) electrons. The average molecular weight is 1100 g/mol. The monoisotopic (exact) mass is 1100 g/mol. The van der Waals surface area contributed by atoms with Gasteiger partial charge >= 0.3 is 13.8 Å². The predicted molar refractivity (Wildman–Crippen MR) is 332 cm³/mol. The number of phosphoric acid groups is 1. The Labute approximate surface area is 478 Å². The Hall–Kier alpha value is -2.03. The van der Waals surface area contributed by atoms with Crippen molar-refractivity contribution in [1.29, 1.82) is 0 Å². The van der Waals surface area contributed by atoms with Gasteiger partial charge in [0, 0.05) is 12.8 Å². The molecule has 0 spiro atoms. The van der Waals surface area contributed by atoms with Crippen LogP contribution in [0.4, 0.5) is 0 Å². The van der Waals surface area contributed by atoms with E-state index in [0.29, 0.717) is 23.9 Å². The Kier molecular flexibility index (Phi) is 55.7. The van der Waals surface area contributed by atoms with Gasteiger partial charge in [-0.1, -0.05) is 269 Å². The number of carbonyl (C=O) groups excluding carboxylic acids is 2. The molecule has 0 heterocycles. The standard InChI is InChI=1S/C67H127N2O7P/c1-7-10-13-16-19-22-25-28-30-31-32-33-34-35-36-37-38-39-40-42-45-48-51-54-57-60-67(71)76-65(58-55-52-49-46-43-27-24-21-18-15-12-9-3)64(63-75-77(72,73)74-62-61-69(4,5)6)68-66(70)59-56-53-50-47-44-41-29-26-23-20-17-14-11-8-2/h11,14,20,23,28,30,55,58,64-65H,7-10,12-13,15-19,21-22,24-27,29,31-54,56-57,59-63H2,1-6H3,(H-,68,70,72,73)/p+1/b14-11+,23-20+,30-28+,58-55-. The van der Waals surface area contributed by atoms with Crippen LogP contribution in [-0.2, 0) is 27.9 Å². The Morgan fingerprint density at radius 3 is 1.25 bits per heavy atom. The first-order valence-electron chi connectivity index (χ1n) is 33.0. The summed E-state index contributed by atoms with van der Waals surface area (Å²) in [5, 5.41) is 3.06. The van der Waals surface area contributed by atoms with Crippen molar-refractivity contribution in [2.24, 2.45) is 0 Å². The second kappa shape index (κ2) is 57.2. The summed E-state index contributed by atoms with van der Waals surface area (Å²) >= 11 is 0. The van der Waals surface area contributed by atoms with Gasteiger partial charge in [0.1, 0.15) is 19.3 Å². The maximum atomic E-state index is 13.5. The van der Waals surface area contributed by atoms with Crippen LogP contribution in [0.25, 0.3) is 0 Å². The molecule has 0 aliphatic heterocycles.